The van der Waals surface area contributed by atoms with Crippen LogP contribution in [0.15, 0.2) is 18.2 Å². The molecular formula is C15H22N2O4. The number of benzene rings is 1. The third-order valence-electron chi connectivity index (χ3n) is 3.24. The normalized spacial score (nSPS) is 12.8. The number of aliphatic hydroxyl groups is 1. The molecule has 1 amide bonds. The second-order valence-corrected chi connectivity index (χ2v) is 6.16. The number of amides is 1. The van der Waals surface area contributed by atoms with Gasteiger partial charge in [-0.15, -0.1) is 0 Å². The highest BCUT2D eigenvalue weighted by Gasteiger charge is 2.22. The fourth-order valence-electron chi connectivity index (χ4n) is 2.24. The molecule has 1 unspecified atom stereocenters. The predicted octanol–water partition coefficient (Wildman–Crippen LogP) is 2.43. The second kappa shape index (κ2) is 6.67. The molecule has 0 aliphatic heterocycles. The minimum atomic E-state index is -0.497. The van der Waals surface area contributed by atoms with Crippen LogP contribution in [0.1, 0.15) is 43.1 Å². The molecule has 1 rings (SSSR count). The molecule has 0 radical (unpaired) electrons. The van der Waals surface area contributed by atoms with Crippen LogP contribution in [0.25, 0.3) is 0 Å². The average Bonchev–Trinajstić information content (AvgIpc) is 2.34. The van der Waals surface area contributed by atoms with Gasteiger partial charge in [0.25, 0.3) is 11.6 Å². The lowest BCUT2D eigenvalue weighted by molar-refractivity contribution is -0.385. The van der Waals surface area contributed by atoms with Crippen molar-refractivity contribution in [3.63, 3.8) is 0 Å². The number of nitrogens with one attached hydrogen (secondary N) is 1. The van der Waals surface area contributed by atoms with Gasteiger partial charge in [-0.2, -0.15) is 0 Å². The number of carbonyl (C=O) groups excluding carboxylic acids is 1. The molecule has 0 aromatic heterocycles. The fraction of sp³-hybridized carbons (Fsp3) is 0.533. The molecule has 1 aromatic carbocycles. The van der Waals surface area contributed by atoms with E-state index in [0.717, 1.165) is 0 Å². The van der Waals surface area contributed by atoms with Crippen molar-refractivity contribution in [3.05, 3.63) is 39.4 Å². The zero-order chi connectivity index (χ0) is 16.2. The van der Waals surface area contributed by atoms with E-state index in [1.807, 2.05) is 13.8 Å². The van der Waals surface area contributed by atoms with E-state index in [1.54, 1.807) is 26.0 Å². The monoisotopic (exact) mass is 294 g/mol. The van der Waals surface area contributed by atoms with Gasteiger partial charge in [-0.1, -0.05) is 19.9 Å². The topological polar surface area (TPSA) is 92.5 Å². The standard InChI is InChI=1S/C15H22N2O4/c1-10-5-6-12(7-13(10)17(20)21)14(19)16-9-15(3,4)8-11(2)18/h5-7,11,18H,8-9H2,1-4H3,(H,16,19). The van der Waals surface area contributed by atoms with Crippen molar-refractivity contribution >= 4 is 11.6 Å². The smallest absolute Gasteiger partial charge is 0.273 e. The van der Waals surface area contributed by atoms with E-state index in [2.05, 4.69) is 5.32 Å². The summed E-state index contributed by atoms with van der Waals surface area (Å²) in [5.41, 5.74) is 0.470. The first-order valence-corrected chi connectivity index (χ1v) is 6.84. The summed E-state index contributed by atoms with van der Waals surface area (Å²) in [6.45, 7) is 7.60. The number of aryl methyl sites for hydroxylation is 1. The number of rotatable bonds is 6. The first-order valence-electron chi connectivity index (χ1n) is 6.84. The summed E-state index contributed by atoms with van der Waals surface area (Å²) < 4.78 is 0. The van der Waals surface area contributed by atoms with Gasteiger partial charge in [-0.3, -0.25) is 14.9 Å². The summed E-state index contributed by atoms with van der Waals surface area (Å²) >= 11 is 0. The highest BCUT2D eigenvalue weighted by atomic mass is 16.6. The zero-order valence-corrected chi connectivity index (χ0v) is 12.8. The predicted molar refractivity (Wildman–Crippen MR) is 80.2 cm³/mol. The molecule has 0 fully saturated rings. The molecule has 6 nitrogen and oxygen atoms in total. The minimum absolute atomic E-state index is 0.0640. The Morgan fingerprint density at radius 3 is 2.62 bits per heavy atom. The SMILES string of the molecule is Cc1ccc(C(=O)NCC(C)(C)CC(C)O)cc1[N+](=O)[O-]. The number of aliphatic hydroxyl groups excluding tert-OH is 1. The van der Waals surface area contributed by atoms with Crippen molar-refractivity contribution in [2.45, 2.75) is 40.2 Å². The van der Waals surface area contributed by atoms with E-state index in [1.165, 1.54) is 6.07 Å². The lowest BCUT2D eigenvalue weighted by Crippen LogP contribution is -2.35. The Kier molecular flexibility index (Phi) is 5.43. The van der Waals surface area contributed by atoms with E-state index in [9.17, 15) is 20.0 Å². The van der Waals surface area contributed by atoms with Crippen LogP contribution in [-0.4, -0.2) is 28.6 Å². The summed E-state index contributed by atoms with van der Waals surface area (Å²) in [6, 6.07) is 4.42. The molecule has 2 N–H and O–H groups in total. The quantitative estimate of drug-likeness (QED) is 0.622. The Labute approximate surface area is 124 Å². The molecule has 0 saturated heterocycles. The summed E-state index contributed by atoms with van der Waals surface area (Å²) in [4.78, 5) is 22.5. The second-order valence-electron chi connectivity index (χ2n) is 6.16. The number of hydrogen-bond donors (Lipinski definition) is 2. The van der Waals surface area contributed by atoms with Crippen molar-refractivity contribution in [1.29, 1.82) is 0 Å². The maximum atomic E-state index is 12.1. The number of nitro benzene ring substituents is 1. The third kappa shape index (κ3) is 5.15. The molecular weight excluding hydrogens is 272 g/mol. The van der Waals surface area contributed by atoms with Gasteiger partial charge in [0.05, 0.1) is 11.0 Å². The number of hydrogen-bond acceptors (Lipinski definition) is 4. The van der Waals surface area contributed by atoms with Gasteiger partial charge in [0.1, 0.15) is 0 Å². The van der Waals surface area contributed by atoms with Gasteiger partial charge in [0.2, 0.25) is 0 Å². The first kappa shape index (κ1) is 17.1. The third-order valence-corrected chi connectivity index (χ3v) is 3.24. The van der Waals surface area contributed by atoms with Crippen LogP contribution in [0, 0.1) is 22.5 Å². The van der Waals surface area contributed by atoms with Crippen LogP contribution in [0.2, 0.25) is 0 Å². The van der Waals surface area contributed by atoms with Crippen molar-refractivity contribution < 1.29 is 14.8 Å². The van der Waals surface area contributed by atoms with Crippen LogP contribution in [-0.2, 0) is 0 Å². The maximum Gasteiger partial charge on any atom is 0.273 e. The van der Waals surface area contributed by atoms with Gasteiger partial charge in [0, 0.05) is 23.7 Å². The average molecular weight is 294 g/mol. The lowest BCUT2D eigenvalue weighted by Gasteiger charge is -2.26. The van der Waals surface area contributed by atoms with Crippen LogP contribution in [0.3, 0.4) is 0 Å². The number of nitrogens with zero attached hydrogens (tertiary/aromatic N) is 1. The van der Waals surface area contributed by atoms with Crippen molar-refractivity contribution in [1.82, 2.24) is 5.32 Å². The Hall–Kier alpha value is -1.95. The largest absolute Gasteiger partial charge is 0.393 e. The van der Waals surface area contributed by atoms with Crippen molar-refractivity contribution in [2.75, 3.05) is 6.54 Å². The van der Waals surface area contributed by atoms with Gasteiger partial charge in [-0.05, 0) is 31.7 Å². The molecule has 0 aliphatic rings. The Morgan fingerprint density at radius 1 is 1.48 bits per heavy atom. The van der Waals surface area contributed by atoms with Crippen LogP contribution in [0.5, 0.6) is 0 Å². The molecule has 0 spiro atoms. The van der Waals surface area contributed by atoms with Gasteiger partial charge in [-0.25, -0.2) is 0 Å². The lowest BCUT2D eigenvalue weighted by atomic mass is 9.87. The van der Waals surface area contributed by atoms with E-state index < -0.39 is 11.0 Å². The summed E-state index contributed by atoms with van der Waals surface area (Å²) in [5.74, 6) is -0.350. The van der Waals surface area contributed by atoms with Crippen LogP contribution >= 0.6 is 0 Å². The van der Waals surface area contributed by atoms with Gasteiger partial charge < -0.3 is 10.4 Å². The number of carbonyl (C=O) groups is 1. The molecule has 1 atom stereocenters. The Morgan fingerprint density at radius 2 is 2.10 bits per heavy atom. The van der Waals surface area contributed by atoms with Crippen molar-refractivity contribution in [3.8, 4) is 0 Å². The molecule has 0 bridgehead atoms. The zero-order valence-electron chi connectivity index (χ0n) is 12.8. The van der Waals surface area contributed by atoms with Gasteiger partial charge in [0.15, 0.2) is 0 Å². The van der Waals surface area contributed by atoms with E-state index in [-0.39, 0.29) is 22.6 Å². The first-order chi connectivity index (χ1) is 9.62. The van der Waals surface area contributed by atoms with Crippen LogP contribution < -0.4 is 5.32 Å². The van der Waals surface area contributed by atoms with Gasteiger partial charge >= 0.3 is 0 Å². The highest BCUT2D eigenvalue weighted by molar-refractivity contribution is 5.95. The maximum absolute atomic E-state index is 12.1. The Balaban J connectivity index is 2.77. The summed E-state index contributed by atoms with van der Waals surface area (Å²) in [7, 11) is 0. The molecule has 0 saturated carbocycles. The molecule has 1 aromatic rings. The minimum Gasteiger partial charge on any atom is -0.393 e. The van der Waals surface area contributed by atoms with E-state index in [4.69, 9.17) is 0 Å². The van der Waals surface area contributed by atoms with Crippen LogP contribution in [0.4, 0.5) is 5.69 Å². The van der Waals surface area contributed by atoms with E-state index in [0.29, 0.717) is 18.5 Å². The molecule has 0 aliphatic carbocycles. The molecule has 6 heteroatoms. The summed E-state index contributed by atoms with van der Waals surface area (Å²) in [6.07, 6.45) is 0.110. The highest BCUT2D eigenvalue weighted by Crippen LogP contribution is 2.22. The number of nitro groups is 1. The summed E-state index contributed by atoms with van der Waals surface area (Å²) in [5, 5.41) is 23.0. The molecule has 0 heterocycles. The fourth-order valence-corrected chi connectivity index (χ4v) is 2.24. The Bertz CT molecular complexity index is 538. The molecule has 116 valence electrons. The van der Waals surface area contributed by atoms with Crippen molar-refractivity contribution in [2.24, 2.45) is 5.41 Å². The van der Waals surface area contributed by atoms with E-state index >= 15 is 0 Å². The molecule has 21 heavy (non-hydrogen) atoms.